The predicted molar refractivity (Wildman–Crippen MR) is 136 cm³/mol. The molecule has 2 aromatic carbocycles. The van der Waals surface area contributed by atoms with Crippen LogP contribution >= 0.6 is 11.3 Å². The van der Waals surface area contributed by atoms with Crippen molar-refractivity contribution in [2.24, 2.45) is 0 Å². The molecule has 1 saturated heterocycles. The smallest absolute Gasteiger partial charge is 0.333 e. The Kier molecular flexibility index (Phi) is 5.94. The largest absolute Gasteiger partial charge is 0.489 e. The fourth-order valence-corrected chi connectivity index (χ4v) is 5.17. The van der Waals surface area contributed by atoms with Crippen LogP contribution in [0.2, 0.25) is 0 Å². The summed E-state index contributed by atoms with van der Waals surface area (Å²) < 4.78 is 34.5. The maximum Gasteiger partial charge on any atom is 0.333 e. The van der Waals surface area contributed by atoms with Crippen LogP contribution in [0, 0.1) is 0 Å². The second kappa shape index (κ2) is 9.40. The molecule has 8 nitrogen and oxygen atoms in total. The lowest BCUT2D eigenvalue weighted by molar-refractivity contribution is 0.0566. The molecule has 11 heteroatoms. The van der Waals surface area contributed by atoms with Gasteiger partial charge in [-0.1, -0.05) is 0 Å². The van der Waals surface area contributed by atoms with Crippen molar-refractivity contribution < 1.29 is 13.5 Å². The van der Waals surface area contributed by atoms with E-state index in [2.05, 4.69) is 37.3 Å². The Hall–Kier alpha value is -3.70. The van der Waals surface area contributed by atoms with Crippen LogP contribution in [0.25, 0.3) is 32.2 Å². The van der Waals surface area contributed by atoms with Crippen molar-refractivity contribution in [1.82, 2.24) is 29.6 Å². The molecule has 1 N–H and O–H groups in total. The summed E-state index contributed by atoms with van der Waals surface area (Å²) in [5.41, 5.74) is 5.55. The first-order valence-corrected chi connectivity index (χ1v) is 12.5. The zero-order valence-corrected chi connectivity index (χ0v) is 20.3. The Morgan fingerprint density at radius 1 is 1.06 bits per heavy atom. The van der Waals surface area contributed by atoms with Crippen LogP contribution in [-0.2, 0) is 0 Å². The van der Waals surface area contributed by atoms with Crippen LogP contribution in [0.3, 0.4) is 0 Å². The number of alkyl halides is 2. The highest BCUT2D eigenvalue weighted by molar-refractivity contribution is 7.16. The van der Waals surface area contributed by atoms with Crippen LogP contribution in [0.4, 0.5) is 20.3 Å². The standard InChI is InChI=1S/C25H23F2N7OS/c1-33-6-4-18(5-7-33)35-21-9-15(16-11-31-34(12-16)25(26)27)8-20-23(21)24(29-13-28-20)32-17-2-3-19-22(10-17)36-14-30-19/h2-3,8-14,18,25H,4-7H2,1H3,(H,28,29,32). The Bertz CT molecular complexity index is 1530. The van der Waals surface area contributed by atoms with E-state index in [9.17, 15) is 8.78 Å². The lowest BCUT2D eigenvalue weighted by Gasteiger charge is -2.30. The SMILES string of the molecule is CN1CCC(Oc2cc(-c3cnn(C(F)F)c3)cc3ncnc(Nc4ccc5ncsc5c4)c23)CC1. The Morgan fingerprint density at radius 3 is 2.72 bits per heavy atom. The van der Waals surface area contributed by atoms with Crippen LogP contribution in [0.5, 0.6) is 5.75 Å². The molecular weight excluding hydrogens is 484 g/mol. The maximum absolute atomic E-state index is 13.1. The van der Waals surface area contributed by atoms with Crippen LogP contribution in [0.1, 0.15) is 19.4 Å². The summed E-state index contributed by atoms with van der Waals surface area (Å²) in [7, 11) is 2.10. The van der Waals surface area contributed by atoms with Crippen LogP contribution in [-0.4, -0.2) is 55.9 Å². The molecule has 0 atom stereocenters. The summed E-state index contributed by atoms with van der Waals surface area (Å²) in [6.07, 6.45) is 6.06. The number of benzene rings is 2. The third kappa shape index (κ3) is 4.47. The van der Waals surface area contributed by atoms with Crippen LogP contribution in [0.15, 0.2) is 54.6 Å². The summed E-state index contributed by atoms with van der Waals surface area (Å²) in [5.74, 6) is 1.23. The number of nitrogens with zero attached hydrogens (tertiary/aromatic N) is 6. The van der Waals surface area contributed by atoms with Gasteiger partial charge in [-0.25, -0.2) is 19.6 Å². The monoisotopic (exact) mass is 507 g/mol. The fourth-order valence-electron chi connectivity index (χ4n) is 4.45. The maximum atomic E-state index is 13.1. The normalized spacial score (nSPS) is 15.2. The number of ether oxygens (including phenoxy) is 1. The fraction of sp³-hybridized carbons (Fsp3) is 0.280. The van der Waals surface area contributed by atoms with Crippen molar-refractivity contribution in [3.05, 3.63) is 54.6 Å². The van der Waals surface area contributed by atoms with Crippen molar-refractivity contribution in [1.29, 1.82) is 0 Å². The van der Waals surface area contributed by atoms with E-state index in [0.717, 1.165) is 47.2 Å². The number of halogens is 2. The van der Waals surface area contributed by atoms with Gasteiger partial charge in [-0.2, -0.15) is 13.9 Å². The highest BCUT2D eigenvalue weighted by Gasteiger charge is 2.22. The molecule has 3 aromatic heterocycles. The van der Waals surface area contributed by atoms with E-state index in [1.165, 1.54) is 18.7 Å². The van der Waals surface area contributed by atoms with Gasteiger partial charge in [-0.3, -0.25) is 0 Å². The Morgan fingerprint density at radius 2 is 1.92 bits per heavy atom. The molecule has 0 unspecified atom stereocenters. The molecule has 0 radical (unpaired) electrons. The topological polar surface area (TPSA) is 81.0 Å². The van der Waals surface area contributed by atoms with Gasteiger partial charge in [-0.05, 0) is 55.8 Å². The molecule has 0 aliphatic carbocycles. The van der Waals surface area contributed by atoms with Gasteiger partial charge < -0.3 is 15.0 Å². The molecule has 0 saturated carbocycles. The Balaban J connectivity index is 1.43. The molecule has 0 spiro atoms. The van der Waals surface area contributed by atoms with E-state index in [1.807, 2.05) is 35.8 Å². The van der Waals surface area contributed by atoms with Crippen molar-refractivity contribution in [3.63, 3.8) is 0 Å². The summed E-state index contributed by atoms with van der Waals surface area (Å²) >= 11 is 1.57. The first kappa shape index (κ1) is 22.7. The number of hydrogen-bond acceptors (Lipinski definition) is 8. The molecule has 0 amide bonds. The van der Waals surface area contributed by atoms with Gasteiger partial charge in [0, 0.05) is 30.5 Å². The molecule has 4 heterocycles. The average Bonchev–Trinajstić information content (AvgIpc) is 3.55. The molecule has 1 fully saturated rings. The number of rotatable bonds is 6. The van der Waals surface area contributed by atoms with E-state index in [1.54, 1.807) is 11.3 Å². The van der Waals surface area contributed by atoms with Crippen LogP contribution < -0.4 is 10.1 Å². The molecule has 6 rings (SSSR count). The van der Waals surface area contributed by atoms with Gasteiger partial charge in [0.2, 0.25) is 0 Å². The van der Waals surface area contributed by atoms with E-state index in [0.29, 0.717) is 32.9 Å². The zero-order chi connectivity index (χ0) is 24.6. The van der Waals surface area contributed by atoms with Gasteiger partial charge in [0.05, 0.1) is 32.8 Å². The lowest BCUT2D eigenvalue weighted by atomic mass is 10.0. The lowest BCUT2D eigenvalue weighted by Crippen LogP contribution is -2.35. The van der Waals surface area contributed by atoms with Crippen molar-refractivity contribution in [2.75, 3.05) is 25.5 Å². The van der Waals surface area contributed by atoms with Gasteiger partial charge in [0.25, 0.3) is 0 Å². The second-order valence-corrected chi connectivity index (χ2v) is 9.74. The van der Waals surface area contributed by atoms with Gasteiger partial charge >= 0.3 is 6.55 Å². The number of anilines is 2. The minimum absolute atomic E-state index is 0.0324. The first-order valence-electron chi connectivity index (χ1n) is 11.6. The van der Waals surface area contributed by atoms with Gasteiger partial charge in [0.15, 0.2) is 0 Å². The second-order valence-electron chi connectivity index (χ2n) is 8.86. The summed E-state index contributed by atoms with van der Waals surface area (Å²) in [4.78, 5) is 15.6. The van der Waals surface area contributed by atoms with Crippen molar-refractivity contribution >= 4 is 44.0 Å². The molecule has 1 aliphatic rings. The average molecular weight is 508 g/mol. The Labute approximate surface area is 209 Å². The highest BCUT2D eigenvalue weighted by atomic mass is 32.1. The number of fused-ring (bicyclic) bond motifs is 2. The molecule has 184 valence electrons. The van der Waals surface area contributed by atoms with Crippen molar-refractivity contribution in [3.8, 4) is 16.9 Å². The predicted octanol–water partition coefficient (Wildman–Crippen LogP) is 5.71. The third-order valence-corrected chi connectivity index (χ3v) is 7.18. The zero-order valence-electron chi connectivity index (χ0n) is 19.4. The van der Waals surface area contributed by atoms with E-state index >= 15 is 0 Å². The third-order valence-electron chi connectivity index (χ3n) is 6.39. The molecular formula is C25H23F2N7OS. The summed E-state index contributed by atoms with van der Waals surface area (Å²) in [6, 6.07) is 9.68. The van der Waals surface area contributed by atoms with E-state index < -0.39 is 6.55 Å². The molecule has 36 heavy (non-hydrogen) atoms. The van der Waals surface area contributed by atoms with E-state index in [-0.39, 0.29) is 6.10 Å². The summed E-state index contributed by atoms with van der Waals surface area (Å²) in [6.45, 7) is -0.817. The quantitative estimate of drug-likeness (QED) is 0.315. The number of aromatic nitrogens is 5. The number of hydrogen-bond donors (Lipinski definition) is 1. The highest BCUT2D eigenvalue weighted by Crippen LogP contribution is 2.38. The number of nitrogens with one attached hydrogen (secondary N) is 1. The van der Waals surface area contributed by atoms with Crippen molar-refractivity contribution in [2.45, 2.75) is 25.5 Å². The molecule has 0 bridgehead atoms. The number of thiazole rings is 1. The number of likely N-dealkylation sites (tertiary alicyclic amines) is 1. The minimum Gasteiger partial charge on any atom is -0.489 e. The molecule has 5 aromatic rings. The van der Waals surface area contributed by atoms with Gasteiger partial charge in [0.1, 0.15) is 24.0 Å². The molecule has 1 aliphatic heterocycles. The van der Waals surface area contributed by atoms with Gasteiger partial charge in [-0.15, -0.1) is 11.3 Å². The summed E-state index contributed by atoms with van der Waals surface area (Å²) in [5, 5.41) is 7.95. The first-order chi connectivity index (χ1) is 17.5. The number of piperidine rings is 1. The minimum atomic E-state index is -2.71. The van der Waals surface area contributed by atoms with E-state index in [4.69, 9.17) is 4.74 Å².